The molecule has 1 rings (SSSR count). The summed E-state index contributed by atoms with van der Waals surface area (Å²) in [5.74, 6) is 0.806. The van der Waals surface area contributed by atoms with Gasteiger partial charge in [-0.3, -0.25) is 4.68 Å². The first-order valence-electron chi connectivity index (χ1n) is 4.88. The molecule has 0 bridgehead atoms. The Bertz CT molecular complexity index is 311. The number of aryl methyl sites for hydroxylation is 2. The first-order chi connectivity index (χ1) is 7.16. The highest BCUT2D eigenvalue weighted by Gasteiger charge is 2.08. The van der Waals surface area contributed by atoms with Gasteiger partial charge in [-0.25, -0.2) is 0 Å². The third-order valence-electron chi connectivity index (χ3n) is 2.04. The van der Waals surface area contributed by atoms with Gasteiger partial charge < -0.3 is 20.9 Å². The number of hydrogen-bond acceptors (Lipinski definition) is 5. The van der Waals surface area contributed by atoms with E-state index >= 15 is 0 Å². The highest BCUT2D eigenvalue weighted by atomic mass is 16.5. The van der Waals surface area contributed by atoms with Gasteiger partial charge in [-0.2, -0.15) is 5.10 Å². The molecule has 0 radical (unpaired) electrons. The summed E-state index contributed by atoms with van der Waals surface area (Å²) in [6, 6.07) is 0. The molecule has 1 aromatic rings. The number of nitrogens with zero attached hydrogens (tertiary/aromatic N) is 2. The van der Waals surface area contributed by atoms with Gasteiger partial charge in [0, 0.05) is 13.6 Å². The van der Waals surface area contributed by atoms with Crippen molar-refractivity contribution in [1.82, 2.24) is 9.78 Å². The fraction of sp³-hybridized carbons (Fsp3) is 0.667. The van der Waals surface area contributed by atoms with Gasteiger partial charge in [0.05, 0.1) is 31.2 Å². The monoisotopic (exact) mass is 214 g/mol. The summed E-state index contributed by atoms with van der Waals surface area (Å²) >= 11 is 0. The number of aliphatic hydroxyl groups is 1. The highest BCUT2D eigenvalue weighted by molar-refractivity contribution is 5.64. The van der Waals surface area contributed by atoms with Crippen LogP contribution in [-0.4, -0.2) is 41.3 Å². The number of aliphatic hydroxyl groups excluding tert-OH is 1. The van der Waals surface area contributed by atoms with Crippen LogP contribution in [0.3, 0.4) is 0 Å². The fourth-order valence-corrected chi connectivity index (χ4v) is 1.29. The molecule has 0 aromatic carbocycles. The van der Waals surface area contributed by atoms with Crippen molar-refractivity contribution < 1.29 is 9.84 Å². The Labute approximate surface area is 89.0 Å². The molecule has 0 amide bonds. The van der Waals surface area contributed by atoms with E-state index in [1.54, 1.807) is 4.68 Å². The Morgan fingerprint density at radius 2 is 2.27 bits per heavy atom. The third-order valence-corrected chi connectivity index (χ3v) is 2.04. The molecule has 0 fully saturated rings. The molecule has 4 N–H and O–H groups in total. The van der Waals surface area contributed by atoms with Crippen molar-refractivity contribution in [2.24, 2.45) is 7.05 Å². The summed E-state index contributed by atoms with van der Waals surface area (Å²) in [4.78, 5) is 0. The molecule has 6 nitrogen and oxygen atoms in total. The van der Waals surface area contributed by atoms with Crippen LogP contribution < -0.4 is 11.1 Å². The van der Waals surface area contributed by atoms with Crippen molar-refractivity contribution in [3.63, 3.8) is 0 Å². The Hall–Kier alpha value is -1.27. The second-order valence-electron chi connectivity index (χ2n) is 3.23. The second kappa shape index (κ2) is 5.57. The van der Waals surface area contributed by atoms with Gasteiger partial charge in [-0.15, -0.1) is 0 Å². The molecule has 15 heavy (non-hydrogen) atoms. The average molecular weight is 214 g/mol. The summed E-state index contributed by atoms with van der Waals surface area (Å²) in [6.07, 6.45) is 0. The van der Waals surface area contributed by atoms with Crippen molar-refractivity contribution in [3.05, 3.63) is 5.69 Å². The predicted molar refractivity (Wildman–Crippen MR) is 58.8 cm³/mol. The molecule has 1 aromatic heterocycles. The van der Waals surface area contributed by atoms with Crippen molar-refractivity contribution in [1.29, 1.82) is 0 Å². The molecule has 0 spiro atoms. The molecule has 0 aliphatic rings. The van der Waals surface area contributed by atoms with Crippen molar-refractivity contribution in [2.75, 3.05) is 37.4 Å². The van der Waals surface area contributed by atoms with Crippen molar-refractivity contribution in [3.8, 4) is 0 Å². The van der Waals surface area contributed by atoms with Crippen LogP contribution in [-0.2, 0) is 11.8 Å². The predicted octanol–water partition coefficient (Wildman–Crippen LogP) is -0.268. The standard InChI is InChI=1S/C9H18N4O2/c1-7-8(10)9(13(2)12-7)11-3-5-15-6-4-14/h11,14H,3-6,10H2,1-2H3. The first-order valence-corrected chi connectivity index (χ1v) is 4.88. The summed E-state index contributed by atoms with van der Waals surface area (Å²) in [6.45, 7) is 3.45. The lowest BCUT2D eigenvalue weighted by atomic mass is 10.4. The van der Waals surface area contributed by atoms with Gasteiger partial charge in [-0.1, -0.05) is 0 Å². The lowest BCUT2D eigenvalue weighted by Gasteiger charge is -2.07. The number of nitrogens with one attached hydrogen (secondary N) is 1. The van der Waals surface area contributed by atoms with Crippen LogP contribution in [0, 0.1) is 6.92 Å². The fourth-order valence-electron chi connectivity index (χ4n) is 1.29. The maximum atomic E-state index is 8.49. The second-order valence-corrected chi connectivity index (χ2v) is 3.23. The molecular weight excluding hydrogens is 196 g/mol. The van der Waals surface area contributed by atoms with Gasteiger partial charge in [0.1, 0.15) is 5.82 Å². The minimum absolute atomic E-state index is 0.0486. The van der Waals surface area contributed by atoms with Crippen LogP contribution in [0.5, 0.6) is 0 Å². The molecule has 0 atom stereocenters. The molecule has 0 unspecified atom stereocenters. The number of nitrogens with two attached hydrogens (primary N) is 1. The lowest BCUT2D eigenvalue weighted by molar-refractivity contribution is 0.0991. The van der Waals surface area contributed by atoms with E-state index in [2.05, 4.69) is 10.4 Å². The van der Waals surface area contributed by atoms with Gasteiger partial charge >= 0.3 is 0 Å². The summed E-state index contributed by atoms with van der Waals surface area (Å²) < 4.78 is 6.81. The largest absolute Gasteiger partial charge is 0.394 e. The van der Waals surface area contributed by atoms with Gasteiger partial charge in [-0.05, 0) is 6.92 Å². The number of anilines is 2. The molecule has 6 heteroatoms. The van der Waals surface area contributed by atoms with Crippen LogP contribution in [0.1, 0.15) is 5.69 Å². The van der Waals surface area contributed by atoms with Crippen LogP contribution >= 0.6 is 0 Å². The number of aromatic nitrogens is 2. The summed E-state index contributed by atoms with van der Waals surface area (Å²) in [5.41, 5.74) is 7.30. The number of hydrogen-bond donors (Lipinski definition) is 3. The number of ether oxygens (including phenoxy) is 1. The van der Waals surface area contributed by atoms with Crippen LogP contribution in [0.15, 0.2) is 0 Å². The third kappa shape index (κ3) is 3.10. The van der Waals surface area contributed by atoms with Crippen molar-refractivity contribution >= 4 is 11.5 Å². The quantitative estimate of drug-likeness (QED) is 0.568. The lowest BCUT2D eigenvalue weighted by Crippen LogP contribution is -2.14. The smallest absolute Gasteiger partial charge is 0.147 e. The summed E-state index contributed by atoms with van der Waals surface area (Å²) in [5, 5.41) is 15.8. The van der Waals surface area contributed by atoms with E-state index in [4.69, 9.17) is 15.6 Å². The van der Waals surface area contributed by atoms with E-state index in [9.17, 15) is 0 Å². The normalized spacial score (nSPS) is 10.6. The van der Waals surface area contributed by atoms with Gasteiger partial charge in [0.2, 0.25) is 0 Å². The van der Waals surface area contributed by atoms with E-state index in [0.29, 0.717) is 25.4 Å². The Kier molecular flexibility index (Phi) is 4.38. The Balaban J connectivity index is 2.37. The number of rotatable bonds is 6. The van der Waals surface area contributed by atoms with E-state index in [-0.39, 0.29) is 6.61 Å². The minimum atomic E-state index is 0.0486. The molecule has 1 heterocycles. The zero-order valence-corrected chi connectivity index (χ0v) is 9.16. The first kappa shape index (κ1) is 11.8. The number of nitrogen functional groups attached to an aromatic ring is 1. The van der Waals surface area contributed by atoms with Crippen LogP contribution in [0.25, 0.3) is 0 Å². The highest BCUT2D eigenvalue weighted by Crippen LogP contribution is 2.20. The minimum Gasteiger partial charge on any atom is -0.394 e. The van der Waals surface area contributed by atoms with Gasteiger partial charge in [0.15, 0.2) is 0 Å². The van der Waals surface area contributed by atoms with Crippen LogP contribution in [0.4, 0.5) is 11.5 Å². The zero-order valence-electron chi connectivity index (χ0n) is 9.16. The molecular formula is C9H18N4O2. The van der Waals surface area contributed by atoms with Gasteiger partial charge in [0.25, 0.3) is 0 Å². The van der Waals surface area contributed by atoms with Crippen molar-refractivity contribution in [2.45, 2.75) is 6.92 Å². The van der Waals surface area contributed by atoms with E-state index in [0.717, 1.165) is 11.5 Å². The molecule has 0 saturated carbocycles. The Morgan fingerprint density at radius 3 is 2.80 bits per heavy atom. The van der Waals surface area contributed by atoms with Crippen LogP contribution in [0.2, 0.25) is 0 Å². The van der Waals surface area contributed by atoms with E-state index < -0.39 is 0 Å². The molecule has 0 aliphatic carbocycles. The van der Waals surface area contributed by atoms with E-state index in [1.807, 2.05) is 14.0 Å². The molecule has 0 aliphatic heterocycles. The maximum absolute atomic E-state index is 8.49. The Morgan fingerprint density at radius 1 is 1.53 bits per heavy atom. The molecule has 86 valence electrons. The summed E-state index contributed by atoms with van der Waals surface area (Å²) in [7, 11) is 1.83. The average Bonchev–Trinajstić information content (AvgIpc) is 2.44. The zero-order chi connectivity index (χ0) is 11.3. The van der Waals surface area contributed by atoms with E-state index in [1.165, 1.54) is 0 Å². The maximum Gasteiger partial charge on any atom is 0.147 e. The topological polar surface area (TPSA) is 85.3 Å². The SMILES string of the molecule is Cc1nn(C)c(NCCOCCO)c1N. The molecule has 0 saturated heterocycles.